The number of aromatic nitrogens is 3. The summed E-state index contributed by atoms with van der Waals surface area (Å²) >= 11 is 0. The fourth-order valence-corrected chi connectivity index (χ4v) is 5.62. The Morgan fingerprint density at radius 2 is 1.60 bits per heavy atom. The minimum Gasteiger partial charge on any atom is -0.464 e. The zero-order chi connectivity index (χ0) is 29.4. The molecule has 1 fully saturated rings. The van der Waals surface area contributed by atoms with Crippen molar-refractivity contribution in [3.05, 3.63) is 122 Å². The van der Waals surface area contributed by atoms with Gasteiger partial charge in [0.1, 0.15) is 28.7 Å². The number of furan rings is 1. The maximum Gasteiger partial charge on any atom is 0.331 e. The summed E-state index contributed by atoms with van der Waals surface area (Å²) in [7, 11) is 0. The fraction of sp³-hybridized carbons (Fsp3) is 0.258. The van der Waals surface area contributed by atoms with Gasteiger partial charge in [0.2, 0.25) is 0 Å². The lowest BCUT2D eigenvalue weighted by Gasteiger charge is -2.37. The molecule has 5 aromatic rings. The number of rotatable bonds is 7. The summed E-state index contributed by atoms with van der Waals surface area (Å²) in [6, 6.07) is 15.8. The van der Waals surface area contributed by atoms with Crippen LogP contribution in [0.15, 0.2) is 87.1 Å². The third kappa shape index (κ3) is 4.96. The van der Waals surface area contributed by atoms with Gasteiger partial charge in [-0.15, -0.1) is 0 Å². The largest absolute Gasteiger partial charge is 0.464 e. The highest BCUT2D eigenvalue weighted by molar-refractivity contribution is 5.88. The number of nitrogens with zero attached hydrogens (tertiary/aromatic N) is 5. The molecular formula is C31H30F2N6O3. The van der Waals surface area contributed by atoms with Crippen LogP contribution in [0.25, 0.3) is 11.0 Å². The molecule has 216 valence electrons. The van der Waals surface area contributed by atoms with E-state index in [1.165, 1.54) is 10.6 Å². The SMILES string of the molecule is Cc1c(N2CCN(c3nccc4occc34)CC2)c(=O)n(C[C@@H](N)c2ccccc2)c(=O)n1Cc1c(F)cccc1F. The molecule has 2 aromatic carbocycles. The summed E-state index contributed by atoms with van der Waals surface area (Å²) in [6.07, 6.45) is 3.32. The zero-order valence-corrected chi connectivity index (χ0v) is 23.0. The van der Waals surface area contributed by atoms with E-state index in [1.807, 2.05) is 47.4 Å². The van der Waals surface area contributed by atoms with E-state index in [2.05, 4.69) is 9.88 Å². The van der Waals surface area contributed by atoms with Gasteiger partial charge in [0.05, 0.1) is 24.7 Å². The summed E-state index contributed by atoms with van der Waals surface area (Å²) in [4.78, 5) is 36.3. The van der Waals surface area contributed by atoms with E-state index in [0.29, 0.717) is 37.6 Å². The highest BCUT2D eigenvalue weighted by Crippen LogP contribution is 2.27. The molecule has 1 atom stereocenters. The van der Waals surface area contributed by atoms with Crippen molar-refractivity contribution in [1.29, 1.82) is 0 Å². The van der Waals surface area contributed by atoms with E-state index in [-0.39, 0.29) is 18.7 Å². The van der Waals surface area contributed by atoms with Crippen molar-refractivity contribution in [2.45, 2.75) is 26.1 Å². The molecule has 0 amide bonds. The number of hydrogen-bond donors (Lipinski definition) is 1. The molecule has 0 radical (unpaired) electrons. The van der Waals surface area contributed by atoms with E-state index in [1.54, 1.807) is 19.4 Å². The lowest BCUT2D eigenvalue weighted by Crippen LogP contribution is -2.52. The van der Waals surface area contributed by atoms with E-state index >= 15 is 0 Å². The Morgan fingerprint density at radius 1 is 0.905 bits per heavy atom. The third-order valence-corrected chi connectivity index (χ3v) is 7.90. The Bertz CT molecular complexity index is 1840. The Hall–Kier alpha value is -4.77. The summed E-state index contributed by atoms with van der Waals surface area (Å²) in [5.74, 6) is -0.740. The second-order valence-corrected chi connectivity index (χ2v) is 10.4. The molecule has 0 spiro atoms. The molecule has 3 aromatic heterocycles. The van der Waals surface area contributed by atoms with Crippen LogP contribution in [-0.2, 0) is 13.1 Å². The van der Waals surface area contributed by atoms with Crippen LogP contribution in [0.3, 0.4) is 0 Å². The second-order valence-electron chi connectivity index (χ2n) is 10.4. The number of halogens is 2. The number of nitrogens with two attached hydrogens (primary N) is 1. The number of benzene rings is 2. The van der Waals surface area contributed by atoms with Gasteiger partial charge in [0.25, 0.3) is 5.56 Å². The molecule has 0 aliphatic carbocycles. The normalized spacial score (nSPS) is 14.5. The Labute approximate surface area is 240 Å². The van der Waals surface area contributed by atoms with Crippen molar-refractivity contribution in [1.82, 2.24) is 14.1 Å². The Balaban J connectivity index is 1.39. The topological polar surface area (TPSA) is 103 Å². The first-order chi connectivity index (χ1) is 20.3. The molecule has 0 unspecified atom stereocenters. The lowest BCUT2D eigenvalue weighted by molar-refractivity contribution is 0.489. The molecule has 2 N–H and O–H groups in total. The third-order valence-electron chi connectivity index (χ3n) is 7.90. The van der Waals surface area contributed by atoms with Gasteiger partial charge in [-0.3, -0.25) is 13.9 Å². The Morgan fingerprint density at radius 3 is 2.31 bits per heavy atom. The van der Waals surface area contributed by atoms with Gasteiger partial charge in [-0.2, -0.15) is 0 Å². The number of piperazine rings is 1. The average Bonchev–Trinajstić information content (AvgIpc) is 3.49. The van der Waals surface area contributed by atoms with Gasteiger partial charge in [-0.05, 0) is 36.8 Å². The maximum absolute atomic E-state index is 14.7. The van der Waals surface area contributed by atoms with E-state index in [9.17, 15) is 18.4 Å². The van der Waals surface area contributed by atoms with Gasteiger partial charge < -0.3 is 20.0 Å². The van der Waals surface area contributed by atoms with Crippen LogP contribution in [0.1, 0.15) is 22.9 Å². The molecule has 0 bridgehead atoms. The van der Waals surface area contributed by atoms with Crippen LogP contribution in [-0.4, -0.2) is 40.3 Å². The van der Waals surface area contributed by atoms with Crippen LogP contribution >= 0.6 is 0 Å². The molecule has 1 saturated heterocycles. The monoisotopic (exact) mass is 572 g/mol. The van der Waals surface area contributed by atoms with Crippen LogP contribution in [0.4, 0.5) is 20.3 Å². The van der Waals surface area contributed by atoms with Crippen molar-refractivity contribution in [2.75, 3.05) is 36.0 Å². The molecule has 11 heteroatoms. The van der Waals surface area contributed by atoms with Crippen molar-refractivity contribution in [3.8, 4) is 0 Å². The quantitative estimate of drug-likeness (QED) is 0.316. The predicted molar refractivity (Wildman–Crippen MR) is 157 cm³/mol. The number of pyridine rings is 1. The minimum absolute atomic E-state index is 0.0961. The van der Waals surface area contributed by atoms with Crippen LogP contribution in [0.2, 0.25) is 0 Å². The van der Waals surface area contributed by atoms with Crippen LogP contribution in [0.5, 0.6) is 0 Å². The number of hydrogen-bond acceptors (Lipinski definition) is 7. The van der Waals surface area contributed by atoms with Gasteiger partial charge in [-0.1, -0.05) is 36.4 Å². The smallest absolute Gasteiger partial charge is 0.331 e. The molecule has 9 nitrogen and oxygen atoms in total. The van der Waals surface area contributed by atoms with E-state index in [4.69, 9.17) is 10.2 Å². The second kappa shape index (κ2) is 11.2. The molecule has 1 aliphatic heterocycles. The van der Waals surface area contributed by atoms with Gasteiger partial charge in [0.15, 0.2) is 0 Å². The predicted octanol–water partition coefficient (Wildman–Crippen LogP) is 3.81. The van der Waals surface area contributed by atoms with Crippen LogP contribution in [0, 0.1) is 18.6 Å². The van der Waals surface area contributed by atoms with Crippen molar-refractivity contribution >= 4 is 22.5 Å². The zero-order valence-electron chi connectivity index (χ0n) is 23.0. The van der Waals surface area contributed by atoms with Gasteiger partial charge in [-0.25, -0.2) is 18.6 Å². The molecule has 42 heavy (non-hydrogen) atoms. The summed E-state index contributed by atoms with van der Waals surface area (Å²) < 4.78 is 37.2. The van der Waals surface area contributed by atoms with Crippen molar-refractivity contribution in [2.24, 2.45) is 5.73 Å². The van der Waals surface area contributed by atoms with Gasteiger partial charge in [0, 0.05) is 49.7 Å². The molecule has 1 aliphatic rings. The summed E-state index contributed by atoms with van der Waals surface area (Å²) in [5, 5.41) is 0.903. The minimum atomic E-state index is -0.767. The first-order valence-corrected chi connectivity index (χ1v) is 13.7. The summed E-state index contributed by atoms with van der Waals surface area (Å²) in [6.45, 7) is 3.20. The lowest BCUT2D eigenvalue weighted by atomic mass is 10.1. The average molecular weight is 573 g/mol. The first kappa shape index (κ1) is 27.4. The Kier molecular flexibility index (Phi) is 7.34. The molecule has 6 rings (SSSR count). The highest BCUT2D eigenvalue weighted by Gasteiger charge is 2.27. The number of fused-ring (bicyclic) bond motifs is 1. The van der Waals surface area contributed by atoms with Crippen molar-refractivity contribution < 1.29 is 13.2 Å². The van der Waals surface area contributed by atoms with E-state index < -0.39 is 28.9 Å². The maximum atomic E-state index is 14.7. The van der Waals surface area contributed by atoms with E-state index in [0.717, 1.165) is 39.1 Å². The first-order valence-electron chi connectivity index (χ1n) is 13.7. The molecule has 4 heterocycles. The fourth-order valence-electron chi connectivity index (χ4n) is 5.62. The standard InChI is InChI=1S/C31H30F2N6O3/c1-20-28(36-13-15-37(16-14-36)29-22-11-17-42-27(22)10-12-35-29)30(40)39(19-26(34)21-6-3-2-4-7-21)31(41)38(20)18-23-24(32)8-5-9-25(23)33/h2-12,17,26H,13-16,18-19,34H2,1H3/t26-/m1/s1. The molecular weight excluding hydrogens is 542 g/mol. The van der Waals surface area contributed by atoms with Gasteiger partial charge >= 0.3 is 5.69 Å². The number of anilines is 2. The van der Waals surface area contributed by atoms with Crippen LogP contribution < -0.4 is 26.8 Å². The molecule has 0 saturated carbocycles. The highest BCUT2D eigenvalue weighted by atomic mass is 19.1. The summed E-state index contributed by atoms with van der Waals surface area (Å²) in [5.41, 5.74) is 7.16. The van der Waals surface area contributed by atoms with Crippen molar-refractivity contribution in [3.63, 3.8) is 0 Å².